The summed E-state index contributed by atoms with van der Waals surface area (Å²) in [6.45, 7) is 0.123. The minimum Gasteiger partial charge on any atom is -0.351 e. The van der Waals surface area contributed by atoms with Crippen LogP contribution in [0.15, 0.2) is 21.7 Å². The van der Waals surface area contributed by atoms with E-state index in [2.05, 4.69) is 10.0 Å². The van der Waals surface area contributed by atoms with Gasteiger partial charge in [0.15, 0.2) is 0 Å². The van der Waals surface area contributed by atoms with Crippen LogP contribution in [0.25, 0.3) is 0 Å². The first kappa shape index (κ1) is 17.4. The van der Waals surface area contributed by atoms with Crippen molar-refractivity contribution < 1.29 is 13.2 Å². The summed E-state index contributed by atoms with van der Waals surface area (Å²) in [6.07, 6.45) is 5.72. The predicted octanol–water partition coefficient (Wildman–Crippen LogP) is 1.05. The first-order chi connectivity index (χ1) is 10.5. The summed E-state index contributed by atoms with van der Waals surface area (Å²) in [4.78, 5) is 12.0. The van der Waals surface area contributed by atoms with Gasteiger partial charge >= 0.3 is 0 Å². The van der Waals surface area contributed by atoms with Gasteiger partial charge in [-0.3, -0.25) is 4.79 Å². The molecule has 1 amide bonds. The minimum absolute atomic E-state index is 0.0703. The van der Waals surface area contributed by atoms with Crippen molar-refractivity contribution in [2.75, 3.05) is 13.1 Å². The van der Waals surface area contributed by atoms with Crippen LogP contribution < -0.4 is 15.8 Å². The molecule has 4 N–H and O–H groups in total. The first-order valence-corrected chi connectivity index (χ1v) is 9.92. The molecule has 0 spiro atoms. The van der Waals surface area contributed by atoms with Gasteiger partial charge in [-0.1, -0.05) is 25.3 Å². The largest absolute Gasteiger partial charge is 0.351 e. The summed E-state index contributed by atoms with van der Waals surface area (Å²) in [6, 6.07) is 3.10. The molecular weight excluding hydrogens is 322 g/mol. The van der Waals surface area contributed by atoms with Crippen molar-refractivity contribution >= 4 is 27.3 Å². The van der Waals surface area contributed by atoms with Gasteiger partial charge in [-0.15, -0.1) is 11.3 Å². The molecule has 1 aromatic rings. The third-order valence-corrected chi connectivity index (χ3v) is 6.80. The number of hydrogen-bond donors (Lipinski definition) is 3. The fourth-order valence-electron chi connectivity index (χ4n) is 2.81. The third kappa shape index (κ3) is 4.77. The van der Waals surface area contributed by atoms with Gasteiger partial charge in [0, 0.05) is 12.6 Å². The van der Waals surface area contributed by atoms with Crippen molar-refractivity contribution in [2.45, 2.75) is 42.4 Å². The van der Waals surface area contributed by atoms with E-state index in [-0.39, 0.29) is 22.7 Å². The number of carbonyl (C=O) groups is 1. The van der Waals surface area contributed by atoms with Gasteiger partial charge < -0.3 is 11.1 Å². The highest BCUT2D eigenvalue weighted by atomic mass is 32.2. The van der Waals surface area contributed by atoms with Crippen LogP contribution in [0.2, 0.25) is 0 Å². The smallest absolute Gasteiger partial charge is 0.250 e. The van der Waals surface area contributed by atoms with Crippen LogP contribution in [0.4, 0.5) is 0 Å². The molecule has 22 heavy (non-hydrogen) atoms. The molecule has 0 aromatic carbocycles. The van der Waals surface area contributed by atoms with E-state index < -0.39 is 10.0 Å². The van der Waals surface area contributed by atoms with Crippen molar-refractivity contribution in [3.8, 4) is 0 Å². The maximum atomic E-state index is 12.0. The molecule has 1 heterocycles. The highest BCUT2D eigenvalue weighted by molar-refractivity contribution is 7.91. The van der Waals surface area contributed by atoms with Crippen LogP contribution in [0.1, 0.15) is 32.1 Å². The lowest BCUT2D eigenvalue weighted by Gasteiger charge is -2.30. The Morgan fingerprint density at radius 1 is 1.36 bits per heavy atom. The molecule has 8 heteroatoms. The lowest BCUT2D eigenvalue weighted by Crippen LogP contribution is -2.49. The second kappa shape index (κ2) is 8.05. The fraction of sp³-hybridized carbons (Fsp3) is 0.643. The standard InChI is InChI=1S/C14H23N3O3S2/c15-9-12(11-5-2-1-3-6-11)17-13(18)10-16-22(19,20)14-7-4-8-21-14/h4,7-8,11-12,16H,1-3,5-6,9-10,15H2,(H,17,18). The second-order valence-electron chi connectivity index (χ2n) is 5.56. The first-order valence-electron chi connectivity index (χ1n) is 7.55. The summed E-state index contributed by atoms with van der Waals surface area (Å²) in [5, 5.41) is 4.55. The van der Waals surface area contributed by atoms with E-state index in [1.165, 1.54) is 25.3 Å². The summed E-state index contributed by atoms with van der Waals surface area (Å²) >= 11 is 1.12. The second-order valence-corrected chi connectivity index (χ2v) is 8.51. The molecule has 0 saturated heterocycles. The lowest BCUT2D eigenvalue weighted by molar-refractivity contribution is -0.121. The van der Waals surface area contributed by atoms with E-state index in [1.54, 1.807) is 11.4 Å². The van der Waals surface area contributed by atoms with Crippen LogP contribution in [0, 0.1) is 5.92 Å². The molecule has 1 saturated carbocycles. The molecule has 1 aliphatic carbocycles. The Kier molecular flexibility index (Phi) is 6.37. The number of sulfonamides is 1. The maximum absolute atomic E-state index is 12.0. The molecule has 124 valence electrons. The average molecular weight is 345 g/mol. The Bertz CT molecular complexity index is 566. The molecule has 1 unspecified atom stereocenters. The number of carbonyl (C=O) groups excluding carboxylic acids is 1. The molecule has 2 rings (SSSR count). The van der Waals surface area contributed by atoms with Gasteiger partial charge in [-0.05, 0) is 30.2 Å². The fourth-order valence-corrected chi connectivity index (χ4v) is 4.83. The number of rotatable bonds is 7. The summed E-state index contributed by atoms with van der Waals surface area (Å²) in [7, 11) is -3.60. The molecule has 0 radical (unpaired) electrons. The maximum Gasteiger partial charge on any atom is 0.250 e. The van der Waals surface area contributed by atoms with Crippen molar-refractivity contribution in [3.63, 3.8) is 0 Å². The van der Waals surface area contributed by atoms with E-state index >= 15 is 0 Å². The highest BCUT2D eigenvalue weighted by Crippen LogP contribution is 2.26. The normalized spacial score (nSPS) is 18.0. The van der Waals surface area contributed by atoms with Crippen LogP contribution in [0.3, 0.4) is 0 Å². The number of thiophene rings is 1. The van der Waals surface area contributed by atoms with E-state index in [4.69, 9.17) is 5.73 Å². The molecule has 1 atom stereocenters. The lowest BCUT2D eigenvalue weighted by atomic mass is 9.84. The number of nitrogens with one attached hydrogen (secondary N) is 2. The number of nitrogens with two attached hydrogens (primary N) is 1. The zero-order chi connectivity index (χ0) is 16.0. The topological polar surface area (TPSA) is 101 Å². The van der Waals surface area contributed by atoms with Gasteiger partial charge in [0.1, 0.15) is 4.21 Å². The molecule has 0 bridgehead atoms. The number of amides is 1. The summed E-state index contributed by atoms with van der Waals surface area (Å²) in [5.74, 6) is 0.0674. The predicted molar refractivity (Wildman–Crippen MR) is 87.1 cm³/mol. The Morgan fingerprint density at radius 2 is 2.09 bits per heavy atom. The number of hydrogen-bond acceptors (Lipinski definition) is 5. The third-order valence-electron chi connectivity index (χ3n) is 4.00. The Hall–Kier alpha value is -0.960. The molecule has 0 aliphatic heterocycles. The van der Waals surface area contributed by atoms with Crippen LogP contribution in [-0.4, -0.2) is 33.5 Å². The van der Waals surface area contributed by atoms with Crippen molar-refractivity contribution in [1.29, 1.82) is 0 Å². The zero-order valence-corrected chi connectivity index (χ0v) is 14.1. The van der Waals surface area contributed by atoms with Crippen LogP contribution in [0.5, 0.6) is 0 Å². The zero-order valence-electron chi connectivity index (χ0n) is 12.5. The van der Waals surface area contributed by atoms with E-state index in [0.29, 0.717) is 12.5 Å². The molecular formula is C14H23N3O3S2. The SMILES string of the molecule is NCC(NC(=O)CNS(=O)(=O)c1cccs1)C1CCCCC1. The molecule has 1 aliphatic rings. The average Bonchev–Trinajstić information content (AvgIpc) is 3.07. The van der Waals surface area contributed by atoms with Crippen molar-refractivity contribution in [3.05, 3.63) is 17.5 Å². The monoisotopic (exact) mass is 345 g/mol. The summed E-state index contributed by atoms with van der Waals surface area (Å²) < 4.78 is 26.4. The van der Waals surface area contributed by atoms with Crippen LogP contribution in [-0.2, 0) is 14.8 Å². The van der Waals surface area contributed by atoms with Gasteiger partial charge in [0.2, 0.25) is 5.91 Å². The van der Waals surface area contributed by atoms with Crippen molar-refractivity contribution in [2.24, 2.45) is 11.7 Å². The Balaban J connectivity index is 1.84. The minimum atomic E-state index is -3.60. The molecule has 1 fully saturated rings. The Morgan fingerprint density at radius 3 is 2.68 bits per heavy atom. The highest BCUT2D eigenvalue weighted by Gasteiger charge is 2.24. The quantitative estimate of drug-likeness (QED) is 0.687. The van der Waals surface area contributed by atoms with Gasteiger partial charge in [-0.2, -0.15) is 0 Å². The van der Waals surface area contributed by atoms with E-state index in [1.807, 2.05) is 0 Å². The van der Waals surface area contributed by atoms with E-state index in [0.717, 1.165) is 24.2 Å². The van der Waals surface area contributed by atoms with Gasteiger partial charge in [0.25, 0.3) is 10.0 Å². The van der Waals surface area contributed by atoms with Gasteiger partial charge in [-0.25, -0.2) is 13.1 Å². The summed E-state index contributed by atoms with van der Waals surface area (Å²) in [5.41, 5.74) is 5.76. The Labute approximate surface area is 135 Å². The van der Waals surface area contributed by atoms with Crippen molar-refractivity contribution in [1.82, 2.24) is 10.0 Å². The van der Waals surface area contributed by atoms with E-state index in [9.17, 15) is 13.2 Å². The van der Waals surface area contributed by atoms with Gasteiger partial charge in [0.05, 0.1) is 6.54 Å². The molecule has 6 nitrogen and oxygen atoms in total. The molecule has 1 aromatic heterocycles. The van der Waals surface area contributed by atoms with Crippen LogP contribution >= 0.6 is 11.3 Å².